The fourth-order valence-corrected chi connectivity index (χ4v) is 1.88. The molecule has 2 heterocycles. The van der Waals surface area contributed by atoms with E-state index in [1.54, 1.807) is 0 Å². The van der Waals surface area contributed by atoms with Gasteiger partial charge in [-0.2, -0.15) is 0 Å². The lowest BCUT2D eigenvalue weighted by Gasteiger charge is -2.03. The SMILES string of the molecule is C1=CC2=C(COC2)CS1. The Kier molecular flexibility index (Phi) is 1.36. The van der Waals surface area contributed by atoms with Crippen molar-refractivity contribution in [2.45, 2.75) is 0 Å². The van der Waals surface area contributed by atoms with E-state index in [4.69, 9.17) is 4.74 Å². The van der Waals surface area contributed by atoms with E-state index in [1.807, 2.05) is 11.8 Å². The molecule has 9 heavy (non-hydrogen) atoms. The summed E-state index contributed by atoms with van der Waals surface area (Å²) in [6.45, 7) is 1.71. The van der Waals surface area contributed by atoms with Crippen LogP contribution in [-0.2, 0) is 4.74 Å². The zero-order valence-corrected chi connectivity index (χ0v) is 5.91. The zero-order valence-electron chi connectivity index (χ0n) is 5.09. The highest BCUT2D eigenvalue weighted by molar-refractivity contribution is 8.02. The number of hydrogen-bond donors (Lipinski definition) is 0. The van der Waals surface area contributed by atoms with E-state index < -0.39 is 0 Å². The molecule has 2 aliphatic rings. The normalized spacial score (nSPS) is 24.9. The summed E-state index contributed by atoms with van der Waals surface area (Å²) >= 11 is 1.85. The Labute approximate surface area is 58.8 Å². The molecule has 1 nitrogen and oxygen atoms in total. The van der Waals surface area contributed by atoms with Gasteiger partial charge < -0.3 is 4.74 Å². The van der Waals surface area contributed by atoms with Crippen molar-refractivity contribution in [2.24, 2.45) is 0 Å². The van der Waals surface area contributed by atoms with E-state index in [-0.39, 0.29) is 0 Å². The summed E-state index contributed by atoms with van der Waals surface area (Å²) in [5.74, 6) is 1.14. The summed E-state index contributed by atoms with van der Waals surface area (Å²) in [6.07, 6.45) is 2.16. The van der Waals surface area contributed by atoms with Gasteiger partial charge in [-0.15, -0.1) is 11.8 Å². The van der Waals surface area contributed by atoms with Gasteiger partial charge in [0.1, 0.15) is 0 Å². The molecule has 0 aromatic heterocycles. The lowest BCUT2D eigenvalue weighted by atomic mass is 10.2. The van der Waals surface area contributed by atoms with Gasteiger partial charge in [0.2, 0.25) is 0 Å². The van der Waals surface area contributed by atoms with Crippen molar-refractivity contribution in [1.82, 2.24) is 0 Å². The largest absolute Gasteiger partial charge is 0.372 e. The van der Waals surface area contributed by atoms with Gasteiger partial charge in [0.15, 0.2) is 0 Å². The van der Waals surface area contributed by atoms with Crippen molar-refractivity contribution in [3.63, 3.8) is 0 Å². The van der Waals surface area contributed by atoms with Crippen LogP contribution in [0.4, 0.5) is 0 Å². The highest BCUT2D eigenvalue weighted by atomic mass is 32.2. The quantitative estimate of drug-likeness (QED) is 0.505. The van der Waals surface area contributed by atoms with Crippen molar-refractivity contribution in [3.8, 4) is 0 Å². The molecule has 0 aromatic carbocycles. The molecule has 0 spiro atoms. The molecule has 0 fully saturated rings. The fraction of sp³-hybridized carbons (Fsp3) is 0.429. The first-order valence-corrected chi connectivity index (χ1v) is 4.08. The first kappa shape index (κ1) is 5.57. The number of ether oxygens (including phenoxy) is 1. The molecular formula is C7H8OS. The fourth-order valence-electron chi connectivity index (χ4n) is 1.06. The minimum Gasteiger partial charge on any atom is -0.372 e. The van der Waals surface area contributed by atoms with Crippen molar-refractivity contribution in [1.29, 1.82) is 0 Å². The lowest BCUT2D eigenvalue weighted by molar-refractivity contribution is 0.206. The Morgan fingerprint density at radius 1 is 1.44 bits per heavy atom. The molecule has 0 atom stereocenters. The van der Waals surface area contributed by atoms with Gasteiger partial charge in [0.25, 0.3) is 0 Å². The van der Waals surface area contributed by atoms with Crippen LogP contribution in [-0.4, -0.2) is 19.0 Å². The molecule has 2 heteroatoms. The minimum atomic E-state index is 0.840. The van der Waals surface area contributed by atoms with E-state index in [1.165, 1.54) is 11.1 Å². The number of thioether (sulfide) groups is 1. The Morgan fingerprint density at radius 3 is 3.33 bits per heavy atom. The lowest BCUT2D eigenvalue weighted by Crippen LogP contribution is -1.92. The Hall–Kier alpha value is -0.210. The van der Waals surface area contributed by atoms with Crippen LogP contribution < -0.4 is 0 Å². The van der Waals surface area contributed by atoms with Gasteiger partial charge >= 0.3 is 0 Å². The average Bonchev–Trinajstić information content (AvgIpc) is 2.33. The third kappa shape index (κ3) is 0.926. The smallest absolute Gasteiger partial charge is 0.0722 e. The van der Waals surface area contributed by atoms with Crippen LogP contribution in [0.1, 0.15) is 0 Å². The van der Waals surface area contributed by atoms with Gasteiger partial charge in [-0.05, 0) is 16.6 Å². The molecule has 48 valence electrons. The maximum atomic E-state index is 5.25. The Balaban J connectivity index is 2.28. The topological polar surface area (TPSA) is 9.23 Å². The van der Waals surface area contributed by atoms with Crippen molar-refractivity contribution in [3.05, 3.63) is 22.6 Å². The zero-order chi connectivity index (χ0) is 6.10. The maximum Gasteiger partial charge on any atom is 0.0722 e. The van der Waals surface area contributed by atoms with Crippen LogP contribution in [0, 0.1) is 0 Å². The Bertz CT molecular complexity index is 181. The van der Waals surface area contributed by atoms with Crippen LogP contribution in [0.3, 0.4) is 0 Å². The van der Waals surface area contributed by atoms with E-state index in [9.17, 15) is 0 Å². The molecular weight excluding hydrogens is 132 g/mol. The second kappa shape index (κ2) is 2.20. The van der Waals surface area contributed by atoms with Crippen LogP contribution in [0.15, 0.2) is 22.6 Å². The van der Waals surface area contributed by atoms with E-state index in [0.717, 1.165) is 19.0 Å². The molecule has 2 rings (SSSR count). The third-order valence-corrected chi connectivity index (χ3v) is 2.45. The Morgan fingerprint density at radius 2 is 2.44 bits per heavy atom. The van der Waals surface area contributed by atoms with Crippen LogP contribution >= 0.6 is 11.8 Å². The second-order valence-corrected chi connectivity index (χ2v) is 3.13. The highest BCUT2D eigenvalue weighted by Crippen LogP contribution is 2.25. The molecule has 0 bridgehead atoms. The molecule has 0 saturated carbocycles. The highest BCUT2D eigenvalue weighted by Gasteiger charge is 2.14. The van der Waals surface area contributed by atoms with Gasteiger partial charge in [0, 0.05) is 5.75 Å². The molecule has 0 aliphatic carbocycles. The van der Waals surface area contributed by atoms with Crippen LogP contribution in [0.25, 0.3) is 0 Å². The van der Waals surface area contributed by atoms with Crippen molar-refractivity contribution >= 4 is 11.8 Å². The minimum absolute atomic E-state index is 0.840. The van der Waals surface area contributed by atoms with E-state index >= 15 is 0 Å². The number of hydrogen-bond acceptors (Lipinski definition) is 2. The maximum absolute atomic E-state index is 5.25. The average molecular weight is 140 g/mol. The van der Waals surface area contributed by atoms with Crippen molar-refractivity contribution < 1.29 is 4.74 Å². The van der Waals surface area contributed by atoms with Crippen LogP contribution in [0.2, 0.25) is 0 Å². The predicted molar refractivity (Wildman–Crippen MR) is 39.4 cm³/mol. The summed E-state index contributed by atoms with van der Waals surface area (Å²) < 4.78 is 5.25. The second-order valence-electron chi connectivity index (χ2n) is 2.24. The number of rotatable bonds is 0. The molecule has 0 N–H and O–H groups in total. The van der Waals surface area contributed by atoms with Gasteiger partial charge in [-0.3, -0.25) is 0 Å². The van der Waals surface area contributed by atoms with Gasteiger partial charge in [0.05, 0.1) is 13.2 Å². The summed E-state index contributed by atoms with van der Waals surface area (Å²) in [4.78, 5) is 0. The summed E-state index contributed by atoms with van der Waals surface area (Å²) in [7, 11) is 0. The summed E-state index contributed by atoms with van der Waals surface area (Å²) in [6, 6.07) is 0. The molecule has 0 unspecified atom stereocenters. The molecule has 0 radical (unpaired) electrons. The molecule has 0 aromatic rings. The summed E-state index contributed by atoms with van der Waals surface area (Å²) in [5.41, 5.74) is 2.90. The van der Waals surface area contributed by atoms with Crippen LogP contribution in [0.5, 0.6) is 0 Å². The van der Waals surface area contributed by atoms with Crippen molar-refractivity contribution in [2.75, 3.05) is 19.0 Å². The molecule has 0 saturated heterocycles. The monoisotopic (exact) mass is 140 g/mol. The van der Waals surface area contributed by atoms with Gasteiger partial charge in [-0.1, -0.05) is 6.08 Å². The van der Waals surface area contributed by atoms with E-state index in [0.29, 0.717) is 0 Å². The van der Waals surface area contributed by atoms with E-state index in [2.05, 4.69) is 11.5 Å². The first-order valence-electron chi connectivity index (χ1n) is 3.03. The third-order valence-electron chi connectivity index (χ3n) is 1.61. The molecule has 2 aliphatic heterocycles. The summed E-state index contributed by atoms with van der Waals surface area (Å²) in [5, 5.41) is 2.15. The first-order chi connectivity index (χ1) is 4.47. The van der Waals surface area contributed by atoms with Gasteiger partial charge in [-0.25, -0.2) is 0 Å². The standard InChI is InChI=1S/C7H8OS/c1-2-9-5-7-4-8-3-6(1)7/h1-2H,3-5H2. The molecule has 0 amide bonds. The predicted octanol–water partition coefficient (Wildman–Crippen LogP) is 1.57.